The maximum absolute atomic E-state index is 14.0. The predicted molar refractivity (Wildman–Crippen MR) is 93.4 cm³/mol. The first kappa shape index (κ1) is 19.2. The van der Waals surface area contributed by atoms with Crippen molar-refractivity contribution in [1.82, 2.24) is 4.90 Å². The van der Waals surface area contributed by atoms with Crippen molar-refractivity contribution in [2.45, 2.75) is 24.7 Å². The van der Waals surface area contributed by atoms with Gasteiger partial charge in [-0.25, -0.2) is 21.6 Å². The molecule has 2 aromatic rings. The molecule has 9 heteroatoms. The molecule has 2 aromatic carbocycles. The van der Waals surface area contributed by atoms with Gasteiger partial charge in [0.05, 0.1) is 11.3 Å². The lowest BCUT2D eigenvalue weighted by Crippen LogP contribution is -2.29. The molecule has 1 fully saturated rings. The minimum atomic E-state index is -4.59. The number of likely N-dealkylation sites (tertiary alicyclic amines) is 1. The first-order valence-corrected chi connectivity index (χ1v) is 9.76. The Hall–Kier alpha value is -2.55. The minimum Gasteiger partial charge on any atom is -0.339 e. The van der Waals surface area contributed by atoms with Crippen molar-refractivity contribution >= 4 is 21.6 Å². The molecule has 1 saturated heterocycles. The monoisotopic (exact) mass is 398 g/mol. The summed E-state index contributed by atoms with van der Waals surface area (Å²) in [7, 11) is -4.59. The first-order chi connectivity index (χ1) is 12.7. The number of anilines is 1. The van der Waals surface area contributed by atoms with Crippen LogP contribution in [0.4, 0.5) is 18.9 Å². The van der Waals surface area contributed by atoms with Crippen LogP contribution in [0, 0.1) is 24.4 Å². The van der Waals surface area contributed by atoms with Gasteiger partial charge in [0.15, 0.2) is 17.5 Å². The van der Waals surface area contributed by atoms with Gasteiger partial charge >= 0.3 is 0 Å². The van der Waals surface area contributed by atoms with E-state index in [9.17, 15) is 26.4 Å². The van der Waals surface area contributed by atoms with Crippen LogP contribution < -0.4 is 4.72 Å². The van der Waals surface area contributed by atoms with E-state index in [1.807, 2.05) is 0 Å². The van der Waals surface area contributed by atoms with Crippen LogP contribution in [-0.4, -0.2) is 32.3 Å². The van der Waals surface area contributed by atoms with Crippen LogP contribution in [-0.2, 0) is 10.0 Å². The van der Waals surface area contributed by atoms with Gasteiger partial charge in [0.2, 0.25) is 0 Å². The number of para-hydroxylation sites is 1. The molecule has 1 amide bonds. The topological polar surface area (TPSA) is 66.5 Å². The fraction of sp³-hybridized carbons (Fsp3) is 0.278. The molecular formula is C18H17F3N2O3S. The van der Waals surface area contributed by atoms with Crippen LogP contribution in [0.1, 0.15) is 28.8 Å². The minimum absolute atomic E-state index is 0.0152. The normalized spacial score (nSPS) is 14.4. The second-order valence-electron chi connectivity index (χ2n) is 6.28. The van der Waals surface area contributed by atoms with Crippen molar-refractivity contribution in [3.8, 4) is 0 Å². The Labute approximate surface area is 154 Å². The number of hydrogen-bond acceptors (Lipinski definition) is 3. The van der Waals surface area contributed by atoms with Crippen molar-refractivity contribution < 1.29 is 26.4 Å². The number of nitrogens with zero attached hydrogens (tertiary/aromatic N) is 1. The number of sulfonamides is 1. The summed E-state index contributed by atoms with van der Waals surface area (Å²) in [5.41, 5.74) is 0.536. The number of carbonyl (C=O) groups is 1. The fourth-order valence-corrected chi connectivity index (χ4v) is 4.20. The second-order valence-corrected chi connectivity index (χ2v) is 7.93. The van der Waals surface area contributed by atoms with E-state index in [1.54, 1.807) is 24.0 Å². The number of rotatable bonds is 4. The summed E-state index contributed by atoms with van der Waals surface area (Å²) in [5, 5.41) is 0. The van der Waals surface area contributed by atoms with Crippen molar-refractivity contribution in [2.24, 2.45) is 0 Å². The average molecular weight is 398 g/mol. The number of amides is 1. The lowest BCUT2D eigenvalue weighted by atomic mass is 10.1. The Morgan fingerprint density at radius 3 is 2.37 bits per heavy atom. The largest absolute Gasteiger partial charge is 0.339 e. The zero-order valence-corrected chi connectivity index (χ0v) is 15.2. The zero-order valence-electron chi connectivity index (χ0n) is 14.4. The highest BCUT2D eigenvalue weighted by atomic mass is 32.2. The van der Waals surface area contributed by atoms with Crippen molar-refractivity contribution in [2.75, 3.05) is 17.8 Å². The number of carbonyl (C=O) groups excluding carboxylic acids is 1. The van der Waals surface area contributed by atoms with Crippen LogP contribution in [0.15, 0.2) is 35.2 Å². The third-order valence-corrected chi connectivity index (χ3v) is 5.79. The highest BCUT2D eigenvalue weighted by Crippen LogP contribution is 2.28. The first-order valence-electron chi connectivity index (χ1n) is 8.27. The quantitative estimate of drug-likeness (QED) is 0.803. The SMILES string of the molecule is Cc1cccc(C(=O)N2CCCC2)c1NS(=O)(=O)c1ccc(F)c(F)c1F. The molecule has 1 N–H and O–H groups in total. The molecule has 0 saturated carbocycles. The number of benzene rings is 2. The Bertz CT molecular complexity index is 1000. The molecular weight excluding hydrogens is 381 g/mol. The number of hydrogen-bond donors (Lipinski definition) is 1. The van der Waals surface area contributed by atoms with Gasteiger partial charge in [0, 0.05) is 13.1 Å². The van der Waals surface area contributed by atoms with E-state index in [0.717, 1.165) is 12.8 Å². The smallest absolute Gasteiger partial charge is 0.264 e. The fourth-order valence-electron chi connectivity index (χ4n) is 2.98. The maximum Gasteiger partial charge on any atom is 0.264 e. The van der Waals surface area contributed by atoms with E-state index in [4.69, 9.17) is 0 Å². The van der Waals surface area contributed by atoms with E-state index in [2.05, 4.69) is 4.72 Å². The number of aryl methyl sites for hydroxylation is 1. The molecule has 27 heavy (non-hydrogen) atoms. The van der Waals surface area contributed by atoms with Gasteiger partial charge in [-0.05, 0) is 43.5 Å². The molecule has 1 aliphatic rings. The summed E-state index contributed by atoms with van der Waals surface area (Å²) in [4.78, 5) is 13.3. The van der Waals surface area contributed by atoms with Crippen LogP contribution in [0.25, 0.3) is 0 Å². The summed E-state index contributed by atoms with van der Waals surface area (Å²) in [6, 6.07) is 5.82. The molecule has 0 aliphatic carbocycles. The molecule has 1 heterocycles. The Balaban J connectivity index is 2.02. The maximum atomic E-state index is 14.0. The van der Waals surface area contributed by atoms with Crippen molar-refractivity contribution in [1.29, 1.82) is 0 Å². The van der Waals surface area contributed by atoms with Crippen LogP contribution in [0.5, 0.6) is 0 Å². The zero-order chi connectivity index (χ0) is 19.8. The lowest BCUT2D eigenvalue weighted by molar-refractivity contribution is 0.0794. The molecule has 0 radical (unpaired) electrons. The molecule has 3 rings (SSSR count). The number of halogens is 3. The van der Waals surface area contributed by atoms with Crippen LogP contribution in [0.2, 0.25) is 0 Å². The molecule has 0 atom stereocenters. The van der Waals surface area contributed by atoms with Crippen LogP contribution >= 0.6 is 0 Å². The van der Waals surface area contributed by atoms with Gasteiger partial charge in [-0.1, -0.05) is 12.1 Å². The van der Waals surface area contributed by atoms with Gasteiger partial charge in [0.1, 0.15) is 4.90 Å². The van der Waals surface area contributed by atoms with Crippen molar-refractivity contribution in [3.63, 3.8) is 0 Å². The van der Waals surface area contributed by atoms with Gasteiger partial charge < -0.3 is 4.90 Å². The highest BCUT2D eigenvalue weighted by molar-refractivity contribution is 7.92. The Kier molecular flexibility index (Phi) is 5.14. The molecule has 0 spiro atoms. The van der Waals surface area contributed by atoms with Gasteiger partial charge in [-0.3, -0.25) is 9.52 Å². The van der Waals surface area contributed by atoms with E-state index in [1.165, 1.54) is 6.07 Å². The van der Waals surface area contributed by atoms with Crippen LogP contribution in [0.3, 0.4) is 0 Å². The standard InChI is InChI=1S/C18H17F3N2O3S/c1-11-5-4-6-12(18(24)23-9-2-3-10-23)17(11)22-27(25,26)14-8-7-13(19)15(20)16(14)21/h4-8,22H,2-3,9-10H2,1H3. The predicted octanol–water partition coefficient (Wildman–Crippen LogP) is 3.45. The van der Waals surface area contributed by atoms with Gasteiger partial charge in [-0.2, -0.15) is 0 Å². The molecule has 0 bridgehead atoms. The number of nitrogens with one attached hydrogen (secondary N) is 1. The molecule has 0 unspecified atom stereocenters. The highest BCUT2D eigenvalue weighted by Gasteiger charge is 2.28. The van der Waals surface area contributed by atoms with Gasteiger partial charge in [0.25, 0.3) is 15.9 Å². The molecule has 0 aromatic heterocycles. The second kappa shape index (κ2) is 7.22. The Morgan fingerprint density at radius 2 is 1.70 bits per heavy atom. The third-order valence-electron chi connectivity index (χ3n) is 4.42. The van der Waals surface area contributed by atoms with E-state index >= 15 is 0 Å². The summed E-state index contributed by atoms with van der Waals surface area (Å²) >= 11 is 0. The third kappa shape index (κ3) is 3.64. The molecule has 1 aliphatic heterocycles. The summed E-state index contributed by atoms with van der Waals surface area (Å²) in [5.74, 6) is -5.54. The van der Waals surface area contributed by atoms with Gasteiger partial charge in [-0.15, -0.1) is 0 Å². The van der Waals surface area contributed by atoms with Crippen molar-refractivity contribution in [3.05, 3.63) is 58.9 Å². The van der Waals surface area contributed by atoms with E-state index < -0.39 is 32.4 Å². The summed E-state index contributed by atoms with van der Waals surface area (Å²) in [6.45, 7) is 2.72. The Morgan fingerprint density at radius 1 is 1.04 bits per heavy atom. The summed E-state index contributed by atoms with van der Waals surface area (Å²) < 4.78 is 67.8. The lowest BCUT2D eigenvalue weighted by Gasteiger charge is -2.20. The molecule has 144 valence electrons. The summed E-state index contributed by atoms with van der Waals surface area (Å²) in [6.07, 6.45) is 1.72. The molecule has 5 nitrogen and oxygen atoms in total. The van der Waals surface area contributed by atoms with E-state index in [-0.39, 0.29) is 17.2 Å². The average Bonchev–Trinajstić information content (AvgIpc) is 3.15. The van der Waals surface area contributed by atoms with E-state index in [0.29, 0.717) is 30.8 Å².